The van der Waals surface area contributed by atoms with E-state index in [4.69, 9.17) is 9.47 Å². The van der Waals surface area contributed by atoms with Gasteiger partial charge in [0.1, 0.15) is 5.00 Å². The Morgan fingerprint density at radius 3 is 2.40 bits per heavy atom. The molecule has 0 saturated heterocycles. The lowest BCUT2D eigenvalue weighted by atomic mass is 10.2. The van der Waals surface area contributed by atoms with Crippen molar-refractivity contribution in [3.05, 3.63) is 52.4 Å². The summed E-state index contributed by atoms with van der Waals surface area (Å²) in [7, 11) is 0. The summed E-state index contributed by atoms with van der Waals surface area (Å²) in [6.45, 7) is 3.48. The largest absolute Gasteiger partial charge is 0.462 e. The third-order valence-corrected chi connectivity index (χ3v) is 4.42. The van der Waals surface area contributed by atoms with Gasteiger partial charge in [-0.1, -0.05) is 25.1 Å². The summed E-state index contributed by atoms with van der Waals surface area (Å²) in [4.78, 5) is 36.8. The summed E-state index contributed by atoms with van der Waals surface area (Å²) in [5.41, 5.74) is 0.679. The highest BCUT2D eigenvalue weighted by molar-refractivity contribution is 7.16. The van der Waals surface area contributed by atoms with E-state index < -0.39 is 24.5 Å². The topological polar surface area (TPSA) is 81.7 Å². The average molecular weight is 361 g/mol. The fraction of sp³-hybridized carbons (Fsp3) is 0.278. The van der Waals surface area contributed by atoms with Crippen molar-refractivity contribution in [1.82, 2.24) is 0 Å². The summed E-state index contributed by atoms with van der Waals surface area (Å²) in [6, 6.07) is 10.1. The van der Waals surface area contributed by atoms with Gasteiger partial charge in [-0.2, -0.15) is 0 Å². The van der Waals surface area contributed by atoms with Crippen LogP contribution in [0, 0.1) is 0 Å². The number of amides is 1. The highest BCUT2D eigenvalue weighted by atomic mass is 32.1. The molecule has 7 heteroatoms. The van der Waals surface area contributed by atoms with Gasteiger partial charge in [0.2, 0.25) is 0 Å². The molecule has 6 nitrogen and oxygen atoms in total. The monoisotopic (exact) mass is 361 g/mol. The van der Waals surface area contributed by atoms with Crippen molar-refractivity contribution < 1.29 is 23.9 Å². The van der Waals surface area contributed by atoms with E-state index in [0.717, 1.165) is 11.3 Å². The van der Waals surface area contributed by atoms with Gasteiger partial charge in [-0.05, 0) is 31.5 Å². The van der Waals surface area contributed by atoms with Crippen LogP contribution in [0.2, 0.25) is 0 Å². The molecule has 0 aliphatic rings. The van der Waals surface area contributed by atoms with E-state index in [1.165, 1.54) is 11.3 Å². The standard InChI is InChI=1S/C18H19NO5S/c1-3-13-10-14(18(22)23-4-2)16(25-13)19-15(20)11-24-17(21)12-8-6-5-7-9-12/h5-10H,3-4,11H2,1-2H3,(H,19,20). The molecule has 1 amide bonds. The Balaban J connectivity index is 1.99. The summed E-state index contributed by atoms with van der Waals surface area (Å²) in [5, 5.41) is 3.01. The minimum atomic E-state index is -0.582. The Kier molecular flexibility index (Phi) is 6.71. The lowest BCUT2D eigenvalue weighted by Gasteiger charge is -2.07. The number of esters is 2. The van der Waals surface area contributed by atoms with Crippen molar-refractivity contribution in [1.29, 1.82) is 0 Å². The predicted molar refractivity (Wildman–Crippen MR) is 95.0 cm³/mol. The molecule has 0 unspecified atom stereocenters. The summed E-state index contributed by atoms with van der Waals surface area (Å²) >= 11 is 1.30. The zero-order valence-corrected chi connectivity index (χ0v) is 14.9. The van der Waals surface area contributed by atoms with Crippen molar-refractivity contribution in [2.24, 2.45) is 0 Å². The molecule has 1 aromatic heterocycles. The van der Waals surface area contributed by atoms with E-state index >= 15 is 0 Å². The van der Waals surface area contributed by atoms with Crippen molar-refractivity contribution in [3.8, 4) is 0 Å². The molecule has 1 aromatic carbocycles. The van der Waals surface area contributed by atoms with Crippen LogP contribution in [0.4, 0.5) is 5.00 Å². The number of nitrogens with one attached hydrogen (secondary N) is 1. The Morgan fingerprint density at radius 1 is 1.04 bits per heavy atom. The van der Waals surface area contributed by atoms with Crippen LogP contribution in [-0.2, 0) is 20.7 Å². The van der Waals surface area contributed by atoms with Crippen LogP contribution in [0.3, 0.4) is 0 Å². The van der Waals surface area contributed by atoms with Crippen LogP contribution in [0.5, 0.6) is 0 Å². The van der Waals surface area contributed by atoms with Crippen molar-refractivity contribution in [3.63, 3.8) is 0 Å². The molecular weight excluding hydrogens is 342 g/mol. The molecular formula is C18H19NO5S. The lowest BCUT2D eigenvalue weighted by Crippen LogP contribution is -2.21. The number of carbonyl (C=O) groups is 3. The molecule has 132 valence electrons. The highest BCUT2D eigenvalue weighted by Gasteiger charge is 2.19. The molecule has 2 aromatic rings. The second-order valence-electron chi connectivity index (χ2n) is 5.02. The molecule has 1 heterocycles. The number of rotatable bonds is 7. The third kappa shape index (κ3) is 5.15. The molecule has 2 rings (SSSR count). The first-order valence-electron chi connectivity index (χ1n) is 7.87. The number of thiophene rings is 1. The normalized spacial score (nSPS) is 10.2. The van der Waals surface area contributed by atoms with Gasteiger partial charge in [-0.3, -0.25) is 4.79 Å². The van der Waals surface area contributed by atoms with Crippen LogP contribution < -0.4 is 5.32 Å². The second kappa shape index (κ2) is 8.98. The smallest absolute Gasteiger partial charge is 0.341 e. The van der Waals surface area contributed by atoms with Gasteiger partial charge in [0.05, 0.1) is 17.7 Å². The van der Waals surface area contributed by atoms with E-state index in [2.05, 4.69) is 5.32 Å². The minimum Gasteiger partial charge on any atom is -0.462 e. The first kappa shape index (κ1) is 18.7. The van der Waals surface area contributed by atoms with Crippen molar-refractivity contribution in [2.75, 3.05) is 18.5 Å². The number of benzene rings is 1. The quantitative estimate of drug-likeness (QED) is 0.766. The molecule has 0 aliphatic heterocycles. The predicted octanol–water partition coefficient (Wildman–Crippen LogP) is 3.28. The van der Waals surface area contributed by atoms with E-state index in [1.807, 2.05) is 6.92 Å². The SMILES string of the molecule is CCOC(=O)c1cc(CC)sc1NC(=O)COC(=O)c1ccccc1. The van der Waals surface area contributed by atoms with E-state index in [0.29, 0.717) is 16.1 Å². The Bertz CT molecular complexity index is 754. The molecule has 0 aliphatic carbocycles. The maximum Gasteiger partial charge on any atom is 0.341 e. The number of hydrogen-bond acceptors (Lipinski definition) is 6. The van der Waals surface area contributed by atoms with Gasteiger partial charge in [-0.15, -0.1) is 11.3 Å². The summed E-state index contributed by atoms with van der Waals surface area (Å²) in [6.07, 6.45) is 0.732. The van der Waals surface area contributed by atoms with Crippen LogP contribution in [0.1, 0.15) is 39.4 Å². The first-order valence-corrected chi connectivity index (χ1v) is 8.68. The van der Waals surface area contributed by atoms with Crippen LogP contribution in [0.25, 0.3) is 0 Å². The average Bonchev–Trinajstić information content (AvgIpc) is 3.03. The van der Waals surface area contributed by atoms with Gasteiger partial charge in [0.25, 0.3) is 5.91 Å². The van der Waals surface area contributed by atoms with Gasteiger partial charge in [0, 0.05) is 4.88 Å². The number of aryl methyl sites for hydroxylation is 1. The molecule has 0 bridgehead atoms. The minimum absolute atomic E-state index is 0.248. The Hall–Kier alpha value is -2.67. The molecule has 0 saturated carbocycles. The number of carbonyl (C=O) groups excluding carboxylic acids is 3. The molecule has 1 N–H and O–H groups in total. The van der Waals surface area contributed by atoms with Gasteiger partial charge >= 0.3 is 11.9 Å². The molecule has 0 spiro atoms. The van der Waals surface area contributed by atoms with Crippen LogP contribution in [-0.4, -0.2) is 31.1 Å². The molecule has 0 radical (unpaired) electrons. The Morgan fingerprint density at radius 2 is 1.76 bits per heavy atom. The van der Waals surface area contributed by atoms with E-state index in [-0.39, 0.29) is 6.61 Å². The molecule has 0 fully saturated rings. The van der Waals surface area contributed by atoms with Crippen LogP contribution >= 0.6 is 11.3 Å². The zero-order chi connectivity index (χ0) is 18.2. The van der Waals surface area contributed by atoms with Gasteiger partial charge in [-0.25, -0.2) is 9.59 Å². The summed E-state index contributed by atoms with van der Waals surface area (Å²) in [5.74, 6) is -1.59. The number of anilines is 1. The maximum absolute atomic E-state index is 12.0. The zero-order valence-electron chi connectivity index (χ0n) is 14.0. The highest BCUT2D eigenvalue weighted by Crippen LogP contribution is 2.29. The fourth-order valence-electron chi connectivity index (χ4n) is 2.02. The lowest BCUT2D eigenvalue weighted by molar-refractivity contribution is -0.119. The second-order valence-corrected chi connectivity index (χ2v) is 6.16. The van der Waals surface area contributed by atoms with E-state index in [9.17, 15) is 14.4 Å². The molecule has 0 atom stereocenters. The number of ether oxygens (including phenoxy) is 2. The number of hydrogen-bond donors (Lipinski definition) is 1. The fourth-order valence-corrected chi connectivity index (χ4v) is 3.02. The van der Waals surface area contributed by atoms with Crippen molar-refractivity contribution in [2.45, 2.75) is 20.3 Å². The third-order valence-electron chi connectivity index (χ3n) is 3.22. The van der Waals surface area contributed by atoms with Crippen molar-refractivity contribution >= 4 is 34.2 Å². The van der Waals surface area contributed by atoms with Gasteiger partial charge < -0.3 is 14.8 Å². The first-order chi connectivity index (χ1) is 12.0. The summed E-state index contributed by atoms with van der Waals surface area (Å²) < 4.78 is 9.98. The van der Waals surface area contributed by atoms with Gasteiger partial charge in [0.15, 0.2) is 6.61 Å². The van der Waals surface area contributed by atoms with E-state index in [1.54, 1.807) is 43.3 Å². The Labute approximate surface area is 149 Å². The van der Waals surface area contributed by atoms with Crippen LogP contribution in [0.15, 0.2) is 36.4 Å². The molecule has 25 heavy (non-hydrogen) atoms. The maximum atomic E-state index is 12.0.